The predicted molar refractivity (Wildman–Crippen MR) is 69.9 cm³/mol. The first-order valence-electron chi connectivity index (χ1n) is 6.13. The van der Waals surface area contributed by atoms with Crippen molar-refractivity contribution in [3.63, 3.8) is 0 Å². The Morgan fingerprint density at radius 3 is 2.71 bits per heavy atom. The molecule has 0 aliphatic heterocycles. The topological polar surface area (TPSA) is 43.8 Å². The van der Waals surface area contributed by atoms with Gasteiger partial charge in [-0.3, -0.25) is 0 Å². The highest BCUT2D eigenvalue weighted by Gasteiger charge is 2.14. The summed E-state index contributed by atoms with van der Waals surface area (Å²) >= 11 is 0. The van der Waals surface area contributed by atoms with Gasteiger partial charge in [0.2, 0.25) is 0 Å². The van der Waals surface area contributed by atoms with Gasteiger partial charge >= 0.3 is 0 Å². The Morgan fingerprint density at radius 2 is 2.06 bits per heavy atom. The van der Waals surface area contributed by atoms with Gasteiger partial charge in [-0.2, -0.15) is 0 Å². The molecule has 3 heteroatoms. The van der Waals surface area contributed by atoms with E-state index in [2.05, 4.69) is 40.7 Å². The second kappa shape index (κ2) is 5.64. The molecule has 1 heterocycles. The summed E-state index contributed by atoms with van der Waals surface area (Å²) in [6, 6.07) is 10.6. The molecule has 1 aromatic carbocycles. The van der Waals surface area contributed by atoms with Crippen LogP contribution in [0.25, 0.3) is 0 Å². The van der Waals surface area contributed by atoms with E-state index < -0.39 is 0 Å². The molecule has 2 N–H and O–H groups in total. The van der Waals surface area contributed by atoms with Crippen molar-refractivity contribution in [3.8, 4) is 0 Å². The van der Waals surface area contributed by atoms with Crippen molar-refractivity contribution in [1.82, 2.24) is 9.55 Å². The standard InChI is InChI=1S/C14H19N3/c1-2-6-14-16-9-10-17(14)13(11-15)12-7-4-3-5-8-12/h3-5,7-10,13H,2,6,11,15H2,1H3. The van der Waals surface area contributed by atoms with Gasteiger partial charge in [-0.1, -0.05) is 37.3 Å². The van der Waals surface area contributed by atoms with Gasteiger partial charge in [0.25, 0.3) is 0 Å². The zero-order valence-electron chi connectivity index (χ0n) is 10.2. The van der Waals surface area contributed by atoms with E-state index >= 15 is 0 Å². The molecule has 17 heavy (non-hydrogen) atoms. The molecule has 2 rings (SSSR count). The molecule has 0 saturated heterocycles. The first-order chi connectivity index (χ1) is 8.36. The van der Waals surface area contributed by atoms with Crippen LogP contribution in [0.4, 0.5) is 0 Å². The van der Waals surface area contributed by atoms with Crippen LogP contribution in [0.1, 0.15) is 30.8 Å². The molecule has 0 amide bonds. The van der Waals surface area contributed by atoms with E-state index in [1.807, 2.05) is 18.5 Å². The minimum atomic E-state index is 0.195. The van der Waals surface area contributed by atoms with Crippen LogP contribution in [-0.4, -0.2) is 16.1 Å². The van der Waals surface area contributed by atoms with Gasteiger partial charge in [0.15, 0.2) is 0 Å². The molecule has 2 aromatic rings. The maximum Gasteiger partial charge on any atom is 0.109 e. The van der Waals surface area contributed by atoms with E-state index in [9.17, 15) is 0 Å². The van der Waals surface area contributed by atoms with Crippen LogP contribution in [0.2, 0.25) is 0 Å². The van der Waals surface area contributed by atoms with Crippen LogP contribution < -0.4 is 5.73 Å². The molecule has 1 unspecified atom stereocenters. The van der Waals surface area contributed by atoms with E-state index in [4.69, 9.17) is 5.73 Å². The lowest BCUT2D eigenvalue weighted by molar-refractivity contribution is 0.562. The maximum atomic E-state index is 5.91. The van der Waals surface area contributed by atoms with Gasteiger partial charge < -0.3 is 10.3 Å². The van der Waals surface area contributed by atoms with Crippen molar-refractivity contribution < 1.29 is 0 Å². The van der Waals surface area contributed by atoms with Crippen molar-refractivity contribution in [2.45, 2.75) is 25.8 Å². The normalized spacial score (nSPS) is 12.6. The van der Waals surface area contributed by atoms with Gasteiger partial charge in [0, 0.05) is 25.4 Å². The molecular formula is C14H19N3. The number of hydrogen-bond acceptors (Lipinski definition) is 2. The fourth-order valence-corrected chi connectivity index (χ4v) is 2.13. The highest BCUT2D eigenvalue weighted by atomic mass is 15.1. The summed E-state index contributed by atoms with van der Waals surface area (Å²) in [5, 5.41) is 0. The van der Waals surface area contributed by atoms with Crippen LogP contribution >= 0.6 is 0 Å². The van der Waals surface area contributed by atoms with Crippen molar-refractivity contribution in [3.05, 3.63) is 54.1 Å². The first-order valence-corrected chi connectivity index (χ1v) is 6.13. The zero-order valence-corrected chi connectivity index (χ0v) is 10.2. The Bertz CT molecular complexity index is 448. The van der Waals surface area contributed by atoms with Gasteiger partial charge in [0.05, 0.1) is 6.04 Å². The highest BCUT2D eigenvalue weighted by Crippen LogP contribution is 2.19. The number of nitrogens with zero attached hydrogens (tertiary/aromatic N) is 2. The van der Waals surface area contributed by atoms with E-state index in [0.29, 0.717) is 6.54 Å². The summed E-state index contributed by atoms with van der Waals surface area (Å²) in [4.78, 5) is 4.41. The van der Waals surface area contributed by atoms with Crippen LogP contribution in [-0.2, 0) is 6.42 Å². The number of benzene rings is 1. The first kappa shape index (κ1) is 11.9. The highest BCUT2D eigenvalue weighted by molar-refractivity contribution is 5.21. The summed E-state index contributed by atoms with van der Waals surface area (Å²) in [6.45, 7) is 2.76. The quantitative estimate of drug-likeness (QED) is 0.855. The van der Waals surface area contributed by atoms with Crippen molar-refractivity contribution >= 4 is 0 Å². The Labute approximate surface area is 102 Å². The molecule has 0 fully saturated rings. The minimum absolute atomic E-state index is 0.195. The molecule has 0 radical (unpaired) electrons. The molecule has 0 saturated carbocycles. The lowest BCUT2D eigenvalue weighted by Gasteiger charge is -2.19. The van der Waals surface area contributed by atoms with Crippen molar-refractivity contribution in [1.29, 1.82) is 0 Å². The lowest BCUT2D eigenvalue weighted by atomic mass is 10.1. The number of rotatable bonds is 5. The Morgan fingerprint density at radius 1 is 1.29 bits per heavy atom. The molecule has 0 spiro atoms. The summed E-state index contributed by atoms with van der Waals surface area (Å²) in [5.74, 6) is 1.12. The number of aromatic nitrogens is 2. The number of nitrogens with two attached hydrogens (primary N) is 1. The summed E-state index contributed by atoms with van der Waals surface area (Å²) in [6.07, 6.45) is 5.98. The molecular weight excluding hydrogens is 210 g/mol. The van der Waals surface area contributed by atoms with E-state index in [1.165, 1.54) is 5.56 Å². The molecule has 1 atom stereocenters. The molecule has 0 bridgehead atoms. The lowest BCUT2D eigenvalue weighted by Crippen LogP contribution is -2.21. The number of hydrogen-bond donors (Lipinski definition) is 1. The second-order valence-electron chi connectivity index (χ2n) is 4.16. The van der Waals surface area contributed by atoms with Crippen molar-refractivity contribution in [2.75, 3.05) is 6.54 Å². The van der Waals surface area contributed by atoms with Gasteiger partial charge in [-0.25, -0.2) is 4.98 Å². The second-order valence-corrected chi connectivity index (χ2v) is 4.16. The fourth-order valence-electron chi connectivity index (χ4n) is 2.13. The Balaban J connectivity index is 2.32. The molecule has 0 aliphatic carbocycles. The van der Waals surface area contributed by atoms with Gasteiger partial charge in [0.1, 0.15) is 5.82 Å². The smallest absolute Gasteiger partial charge is 0.109 e. The summed E-state index contributed by atoms with van der Waals surface area (Å²) in [5.41, 5.74) is 7.15. The molecule has 90 valence electrons. The van der Waals surface area contributed by atoms with E-state index in [1.54, 1.807) is 0 Å². The number of aryl methyl sites for hydroxylation is 1. The average Bonchev–Trinajstić information content (AvgIpc) is 2.81. The Kier molecular flexibility index (Phi) is 3.94. The third-order valence-corrected chi connectivity index (χ3v) is 2.97. The van der Waals surface area contributed by atoms with Crippen molar-refractivity contribution in [2.24, 2.45) is 5.73 Å². The van der Waals surface area contributed by atoms with Crippen LogP contribution in [0, 0.1) is 0 Å². The number of imidazole rings is 1. The monoisotopic (exact) mass is 229 g/mol. The third kappa shape index (κ3) is 2.56. The minimum Gasteiger partial charge on any atom is -0.328 e. The zero-order chi connectivity index (χ0) is 12.1. The van der Waals surface area contributed by atoms with E-state index in [-0.39, 0.29) is 6.04 Å². The third-order valence-electron chi connectivity index (χ3n) is 2.97. The maximum absolute atomic E-state index is 5.91. The van der Waals surface area contributed by atoms with E-state index in [0.717, 1.165) is 18.7 Å². The van der Waals surface area contributed by atoms with Crippen LogP contribution in [0.15, 0.2) is 42.7 Å². The largest absolute Gasteiger partial charge is 0.328 e. The molecule has 3 nitrogen and oxygen atoms in total. The van der Waals surface area contributed by atoms with Crippen LogP contribution in [0.3, 0.4) is 0 Å². The summed E-state index contributed by atoms with van der Waals surface area (Å²) in [7, 11) is 0. The Hall–Kier alpha value is -1.61. The van der Waals surface area contributed by atoms with Crippen LogP contribution in [0.5, 0.6) is 0 Å². The fraction of sp³-hybridized carbons (Fsp3) is 0.357. The summed E-state index contributed by atoms with van der Waals surface area (Å²) < 4.78 is 2.19. The van der Waals surface area contributed by atoms with Gasteiger partial charge in [-0.15, -0.1) is 0 Å². The molecule has 0 aliphatic rings. The predicted octanol–water partition coefficient (Wildman–Crippen LogP) is 2.38. The SMILES string of the molecule is CCCc1nccn1C(CN)c1ccccc1. The average molecular weight is 229 g/mol. The van der Waals surface area contributed by atoms with Gasteiger partial charge in [-0.05, 0) is 12.0 Å². The molecule has 1 aromatic heterocycles.